The Balaban J connectivity index is 3.78. The van der Waals surface area contributed by atoms with Crippen molar-refractivity contribution in [1.82, 2.24) is 0 Å². The van der Waals surface area contributed by atoms with Crippen LogP contribution in [0.4, 0.5) is 0 Å². The van der Waals surface area contributed by atoms with Crippen molar-refractivity contribution in [2.75, 3.05) is 26.2 Å². The molecule has 0 aromatic carbocycles. The quantitative estimate of drug-likeness (QED) is 0.577. The SMILES string of the molecule is CP(C)(C)(Cl)CCC#N. The molecule has 0 spiro atoms. The summed E-state index contributed by atoms with van der Waals surface area (Å²) in [6.45, 7) is 6.18. The zero-order valence-electron chi connectivity index (χ0n) is 6.19. The van der Waals surface area contributed by atoms with E-state index in [1.807, 2.05) is 0 Å². The summed E-state index contributed by atoms with van der Waals surface area (Å²) in [5, 5.41) is 8.26. The maximum atomic E-state index is 8.26. The van der Waals surface area contributed by atoms with Gasteiger partial charge in [-0.2, -0.15) is 0 Å². The number of halogens is 1. The van der Waals surface area contributed by atoms with E-state index in [0.29, 0.717) is 6.42 Å². The zero-order valence-corrected chi connectivity index (χ0v) is 7.84. The van der Waals surface area contributed by atoms with Gasteiger partial charge >= 0.3 is 61.1 Å². The molecule has 0 aliphatic rings. The van der Waals surface area contributed by atoms with Crippen LogP contribution in [0.5, 0.6) is 0 Å². The molecule has 0 aliphatic heterocycles. The monoisotopic (exact) mass is 165 g/mol. The molecule has 0 saturated carbocycles. The van der Waals surface area contributed by atoms with Crippen molar-refractivity contribution in [3.05, 3.63) is 0 Å². The Bertz CT molecular complexity index is 130. The van der Waals surface area contributed by atoms with Crippen molar-refractivity contribution in [1.29, 1.82) is 5.26 Å². The summed E-state index contributed by atoms with van der Waals surface area (Å²) in [5.41, 5.74) is 0. The Labute approximate surface area is 61.7 Å². The molecule has 3 heteroatoms. The van der Waals surface area contributed by atoms with Crippen molar-refractivity contribution >= 4 is 17.2 Å². The van der Waals surface area contributed by atoms with E-state index in [-0.39, 0.29) is 0 Å². The number of nitriles is 1. The number of rotatable bonds is 2. The predicted molar refractivity (Wildman–Crippen MR) is 45.6 cm³/mol. The van der Waals surface area contributed by atoms with Gasteiger partial charge in [-0.3, -0.25) is 0 Å². The Hall–Kier alpha value is 0.210. The van der Waals surface area contributed by atoms with Crippen LogP contribution in [0.15, 0.2) is 0 Å². The third-order valence-corrected chi connectivity index (χ3v) is 3.22. The molecule has 0 N–H and O–H groups in total. The van der Waals surface area contributed by atoms with Gasteiger partial charge in [-0.05, 0) is 0 Å². The van der Waals surface area contributed by atoms with Gasteiger partial charge in [-0.25, -0.2) is 0 Å². The van der Waals surface area contributed by atoms with Crippen LogP contribution in [0, 0.1) is 11.3 Å². The molecule has 0 atom stereocenters. The molecule has 0 aliphatic carbocycles. The number of hydrogen-bond acceptors (Lipinski definition) is 1. The van der Waals surface area contributed by atoms with E-state index in [2.05, 4.69) is 26.1 Å². The van der Waals surface area contributed by atoms with Gasteiger partial charge in [-0.15, -0.1) is 0 Å². The van der Waals surface area contributed by atoms with Crippen molar-refractivity contribution in [2.45, 2.75) is 6.42 Å². The van der Waals surface area contributed by atoms with Gasteiger partial charge in [0.25, 0.3) is 0 Å². The fourth-order valence-electron chi connectivity index (χ4n) is 0.428. The summed E-state index contributed by atoms with van der Waals surface area (Å²) in [6.07, 6.45) is 1.45. The summed E-state index contributed by atoms with van der Waals surface area (Å²) >= 11 is 6.15. The topological polar surface area (TPSA) is 23.8 Å². The summed E-state index contributed by atoms with van der Waals surface area (Å²) in [7, 11) is 0. The average Bonchev–Trinajstić information content (AvgIpc) is 1.57. The van der Waals surface area contributed by atoms with E-state index in [9.17, 15) is 0 Å². The molecule has 0 rings (SSSR count). The van der Waals surface area contributed by atoms with Gasteiger partial charge in [0.2, 0.25) is 0 Å². The summed E-state index contributed by atoms with van der Waals surface area (Å²) in [4.78, 5) is 0. The third kappa shape index (κ3) is 8.21. The third-order valence-electron chi connectivity index (χ3n) is 0.979. The molecular weight excluding hydrogens is 152 g/mol. The molecule has 9 heavy (non-hydrogen) atoms. The normalized spacial score (nSPS) is 15.7. The zero-order chi connectivity index (χ0) is 7.57. The van der Waals surface area contributed by atoms with Gasteiger partial charge in [-0.1, -0.05) is 0 Å². The molecule has 0 heterocycles. The van der Waals surface area contributed by atoms with Crippen molar-refractivity contribution in [3.8, 4) is 6.07 Å². The molecule has 0 aromatic heterocycles. The molecule has 1 nitrogen and oxygen atoms in total. The minimum atomic E-state index is -1.88. The minimum absolute atomic E-state index is 0.588. The second-order valence-electron chi connectivity index (χ2n) is 3.55. The fourth-order valence-corrected chi connectivity index (χ4v) is 1.54. The number of hydrogen-bond donors (Lipinski definition) is 0. The van der Waals surface area contributed by atoms with Crippen LogP contribution < -0.4 is 0 Å². The van der Waals surface area contributed by atoms with E-state index in [0.717, 1.165) is 6.16 Å². The van der Waals surface area contributed by atoms with Gasteiger partial charge in [0, 0.05) is 0 Å². The van der Waals surface area contributed by atoms with Gasteiger partial charge in [0.05, 0.1) is 0 Å². The van der Waals surface area contributed by atoms with E-state index in [1.54, 1.807) is 0 Å². The Morgan fingerprint density at radius 2 is 1.89 bits per heavy atom. The average molecular weight is 166 g/mol. The Morgan fingerprint density at radius 1 is 1.44 bits per heavy atom. The predicted octanol–water partition coefficient (Wildman–Crippen LogP) is 2.50. The first-order valence-electron chi connectivity index (χ1n) is 2.90. The molecule has 0 bridgehead atoms. The van der Waals surface area contributed by atoms with E-state index in [1.165, 1.54) is 0 Å². The molecule has 54 valence electrons. The first-order chi connectivity index (χ1) is 3.81. The molecule has 0 aromatic rings. The first-order valence-corrected chi connectivity index (χ1v) is 7.57. The standard InChI is InChI=1S/C6H13ClNP/c1-9(2,3,7)6-4-5-8/h4,6H2,1-3H3. The molecule has 0 radical (unpaired) electrons. The van der Waals surface area contributed by atoms with Gasteiger partial charge in [0.1, 0.15) is 0 Å². The second-order valence-corrected chi connectivity index (χ2v) is 13.6. The van der Waals surface area contributed by atoms with Crippen LogP contribution in [0.3, 0.4) is 0 Å². The van der Waals surface area contributed by atoms with Crippen LogP contribution in [-0.2, 0) is 0 Å². The number of nitrogens with zero attached hydrogens (tertiary/aromatic N) is 1. The Morgan fingerprint density at radius 3 is 2.00 bits per heavy atom. The van der Waals surface area contributed by atoms with E-state index in [4.69, 9.17) is 16.5 Å². The molecule has 0 fully saturated rings. The van der Waals surface area contributed by atoms with Gasteiger partial charge < -0.3 is 0 Å². The van der Waals surface area contributed by atoms with Gasteiger partial charge in [0.15, 0.2) is 0 Å². The van der Waals surface area contributed by atoms with Crippen molar-refractivity contribution in [3.63, 3.8) is 0 Å². The van der Waals surface area contributed by atoms with Crippen molar-refractivity contribution < 1.29 is 0 Å². The van der Waals surface area contributed by atoms with Crippen molar-refractivity contribution in [2.24, 2.45) is 0 Å². The Kier molecular flexibility index (Phi) is 2.50. The van der Waals surface area contributed by atoms with Crippen LogP contribution in [0.25, 0.3) is 0 Å². The summed E-state index contributed by atoms with van der Waals surface area (Å²) < 4.78 is 0. The van der Waals surface area contributed by atoms with Crippen LogP contribution in [0.1, 0.15) is 6.42 Å². The molecule has 0 unspecified atom stereocenters. The maximum absolute atomic E-state index is 8.26. The summed E-state index contributed by atoms with van der Waals surface area (Å²) in [5.74, 6) is -1.88. The second kappa shape index (κ2) is 2.45. The molecule has 0 saturated heterocycles. The van der Waals surface area contributed by atoms with Crippen LogP contribution >= 0.6 is 17.2 Å². The first kappa shape index (κ1) is 9.21. The molecule has 0 amide bonds. The summed E-state index contributed by atoms with van der Waals surface area (Å²) in [6, 6.07) is 2.10. The molecular formula is C6H13ClNP. The van der Waals surface area contributed by atoms with Crippen LogP contribution in [0.2, 0.25) is 0 Å². The van der Waals surface area contributed by atoms with E-state index < -0.39 is 5.96 Å². The fraction of sp³-hybridized carbons (Fsp3) is 0.833. The van der Waals surface area contributed by atoms with E-state index >= 15 is 0 Å². The van der Waals surface area contributed by atoms with Crippen LogP contribution in [-0.4, -0.2) is 26.2 Å².